The van der Waals surface area contributed by atoms with Crippen LogP contribution in [0.2, 0.25) is 0 Å². The van der Waals surface area contributed by atoms with Crippen molar-refractivity contribution in [1.29, 1.82) is 0 Å². The Labute approximate surface area is 110 Å². The molecule has 2 atom stereocenters. The first-order valence-corrected chi connectivity index (χ1v) is 8.00. The lowest BCUT2D eigenvalue weighted by Gasteiger charge is -2.19. The van der Waals surface area contributed by atoms with E-state index >= 15 is 0 Å². The van der Waals surface area contributed by atoms with Gasteiger partial charge in [0.2, 0.25) is 0 Å². The Balaban J connectivity index is 3.55. The van der Waals surface area contributed by atoms with Gasteiger partial charge in [0.1, 0.15) is 0 Å². The van der Waals surface area contributed by atoms with Crippen LogP contribution < -0.4 is 5.73 Å². The largest absolute Gasteiger partial charge is 0.328 e. The second-order valence-corrected chi connectivity index (χ2v) is 5.62. The number of unbranched alkanes of at least 4 members (excludes halogenated alkanes) is 5. The van der Waals surface area contributed by atoms with Gasteiger partial charge in [0, 0.05) is 6.04 Å². The molecular weight excluding hydrogens is 206 g/mol. The van der Waals surface area contributed by atoms with Crippen molar-refractivity contribution in [1.82, 2.24) is 0 Å². The van der Waals surface area contributed by atoms with Crippen LogP contribution in [0.15, 0.2) is 0 Å². The van der Waals surface area contributed by atoms with Gasteiger partial charge in [-0.1, -0.05) is 78.6 Å². The van der Waals surface area contributed by atoms with Crippen LogP contribution in [0.4, 0.5) is 0 Å². The van der Waals surface area contributed by atoms with Crippen molar-refractivity contribution >= 4 is 0 Å². The van der Waals surface area contributed by atoms with Crippen LogP contribution in [-0.4, -0.2) is 6.04 Å². The SMILES string of the molecule is CCCCCCCCC(CCC)CC(N)CC. The third-order valence-corrected chi connectivity index (χ3v) is 3.82. The lowest BCUT2D eigenvalue weighted by molar-refractivity contribution is 0.360. The minimum atomic E-state index is 0.437. The molecule has 2 unspecified atom stereocenters. The molecule has 0 bridgehead atoms. The van der Waals surface area contributed by atoms with Gasteiger partial charge in [-0.3, -0.25) is 0 Å². The number of hydrogen-bond donors (Lipinski definition) is 1. The molecule has 17 heavy (non-hydrogen) atoms. The van der Waals surface area contributed by atoms with Gasteiger partial charge in [-0.15, -0.1) is 0 Å². The van der Waals surface area contributed by atoms with Crippen LogP contribution >= 0.6 is 0 Å². The fourth-order valence-corrected chi connectivity index (χ4v) is 2.60. The molecule has 0 amide bonds. The molecular formula is C16H35N. The van der Waals surface area contributed by atoms with Crippen LogP contribution in [-0.2, 0) is 0 Å². The molecule has 0 rings (SSSR count). The van der Waals surface area contributed by atoms with E-state index in [2.05, 4.69) is 20.8 Å². The third-order valence-electron chi connectivity index (χ3n) is 3.82. The Morgan fingerprint density at radius 2 is 1.41 bits per heavy atom. The van der Waals surface area contributed by atoms with Gasteiger partial charge in [0.15, 0.2) is 0 Å². The quantitative estimate of drug-likeness (QED) is 0.462. The zero-order valence-electron chi connectivity index (χ0n) is 12.5. The van der Waals surface area contributed by atoms with E-state index < -0.39 is 0 Å². The van der Waals surface area contributed by atoms with Crippen molar-refractivity contribution in [2.75, 3.05) is 0 Å². The Kier molecular flexibility index (Phi) is 12.4. The number of nitrogens with two attached hydrogens (primary N) is 1. The Bertz CT molecular complexity index is 144. The first-order chi connectivity index (χ1) is 8.24. The number of rotatable bonds is 12. The van der Waals surface area contributed by atoms with Crippen molar-refractivity contribution in [2.45, 2.75) is 97.4 Å². The van der Waals surface area contributed by atoms with Crippen LogP contribution in [0.3, 0.4) is 0 Å². The maximum Gasteiger partial charge on any atom is 0.00388 e. The Morgan fingerprint density at radius 1 is 0.765 bits per heavy atom. The third kappa shape index (κ3) is 10.8. The van der Waals surface area contributed by atoms with Gasteiger partial charge >= 0.3 is 0 Å². The van der Waals surface area contributed by atoms with Crippen molar-refractivity contribution in [3.05, 3.63) is 0 Å². The van der Waals surface area contributed by atoms with E-state index in [1.165, 1.54) is 64.2 Å². The molecule has 0 saturated carbocycles. The summed E-state index contributed by atoms with van der Waals surface area (Å²) >= 11 is 0. The van der Waals surface area contributed by atoms with Gasteiger partial charge in [0.05, 0.1) is 0 Å². The van der Waals surface area contributed by atoms with Crippen LogP contribution in [0.25, 0.3) is 0 Å². The molecule has 0 aromatic heterocycles. The summed E-state index contributed by atoms with van der Waals surface area (Å²) < 4.78 is 0. The summed E-state index contributed by atoms with van der Waals surface area (Å²) in [7, 11) is 0. The average molecular weight is 241 g/mol. The van der Waals surface area contributed by atoms with Gasteiger partial charge in [-0.25, -0.2) is 0 Å². The first-order valence-electron chi connectivity index (χ1n) is 8.00. The summed E-state index contributed by atoms with van der Waals surface area (Å²) in [4.78, 5) is 0. The molecule has 0 aliphatic carbocycles. The predicted molar refractivity (Wildman–Crippen MR) is 79.3 cm³/mol. The van der Waals surface area contributed by atoms with Gasteiger partial charge in [-0.2, -0.15) is 0 Å². The summed E-state index contributed by atoms with van der Waals surface area (Å²) in [5, 5.41) is 0. The van der Waals surface area contributed by atoms with E-state index in [0.717, 1.165) is 12.3 Å². The second kappa shape index (κ2) is 12.4. The van der Waals surface area contributed by atoms with E-state index in [1.54, 1.807) is 0 Å². The minimum Gasteiger partial charge on any atom is -0.328 e. The smallest absolute Gasteiger partial charge is 0.00388 e. The van der Waals surface area contributed by atoms with Gasteiger partial charge in [0.25, 0.3) is 0 Å². The monoisotopic (exact) mass is 241 g/mol. The summed E-state index contributed by atoms with van der Waals surface area (Å²) in [6, 6.07) is 0.437. The van der Waals surface area contributed by atoms with Crippen molar-refractivity contribution < 1.29 is 0 Å². The lowest BCUT2D eigenvalue weighted by Crippen LogP contribution is -2.22. The van der Waals surface area contributed by atoms with E-state index in [-0.39, 0.29) is 0 Å². The molecule has 0 spiro atoms. The molecule has 0 aliphatic heterocycles. The number of hydrogen-bond acceptors (Lipinski definition) is 1. The molecule has 0 fully saturated rings. The maximum absolute atomic E-state index is 6.07. The second-order valence-electron chi connectivity index (χ2n) is 5.62. The van der Waals surface area contributed by atoms with Crippen LogP contribution in [0.1, 0.15) is 91.4 Å². The highest BCUT2D eigenvalue weighted by atomic mass is 14.6. The van der Waals surface area contributed by atoms with E-state index in [0.29, 0.717) is 6.04 Å². The summed E-state index contributed by atoms with van der Waals surface area (Å²) in [5.74, 6) is 0.890. The Morgan fingerprint density at radius 3 is 2.00 bits per heavy atom. The summed E-state index contributed by atoms with van der Waals surface area (Å²) in [6.45, 7) is 6.79. The highest BCUT2D eigenvalue weighted by molar-refractivity contribution is 4.67. The predicted octanol–water partition coefficient (Wildman–Crippen LogP) is 5.28. The molecule has 0 radical (unpaired) electrons. The van der Waals surface area contributed by atoms with Crippen molar-refractivity contribution in [2.24, 2.45) is 11.7 Å². The highest BCUT2D eigenvalue weighted by Crippen LogP contribution is 2.21. The first kappa shape index (κ1) is 17.0. The van der Waals surface area contributed by atoms with Crippen molar-refractivity contribution in [3.63, 3.8) is 0 Å². The van der Waals surface area contributed by atoms with Crippen LogP contribution in [0, 0.1) is 5.92 Å². The standard InChI is InChI=1S/C16H35N/c1-4-7-8-9-10-11-13-15(12-5-2)14-16(17)6-3/h15-16H,4-14,17H2,1-3H3. The molecule has 104 valence electrons. The fourth-order valence-electron chi connectivity index (χ4n) is 2.60. The highest BCUT2D eigenvalue weighted by Gasteiger charge is 2.11. The average Bonchev–Trinajstić information content (AvgIpc) is 2.33. The topological polar surface area (TPSA) is 26.0 Å². The zero-order valence-corrected chi connectivity index (χ0v) is 12.5. The van der Waals surface area contributed by atoms with E-state index in [1.807, 2.05) is 0 Å². The summed E-state index contributed by atoms with van der Waals surface area (Å²) in [5.41, 5.74) is 6.07. The lowest BCUT2D eigenvalue weighted by atomic mass is 9.89. The summed E-state index contributed by atoms with van der Waals surface area (Å²) in [6.07, 6.45) is 15.0. The molecule has 0 aromatic carbocycles. The molecule has 0 aromatic rings. The van der Waals surface area contributed by atoms with E-state index in [9.17, 15) is 0 Å². The molecule has 0 heterocycles. The van der Waals surface area contributed by atoms with Gasteiger partial charge < -0.3 is 5.73 Å². The zero-order chi connectivity index (χ0) is 12.9. The van der Waals surface area contributed by atoms with E-state index in [4.69, 9.17) is 5.73 Å². The Hall–Kier alpha value is -0.0400. The molecule has 0 aliphatic rings. The molecule has 2 N–H and O–H groups in total. The molecule has 1 heteroatoms. The van der Waals surface area contributed by atoms with Gasteiger partial charge in [-0.05, 0) is 18.8 Å². The van der Waals surface area contributed by atoms with Crippen LogP contribution in [0.5, 0.6) is 0 Å². The molecule has 0 saturated heterocycles. The minimum absolute atomic E-state index is 0.437. The fraction of sp³-hybridized carbons (Fsp3) is 1.00. The van der Waals surface area contributed by atoms with Crippen molar-refractivity contribution in [3.8, 4) is 0 Å². The maximum atomic E-state index is 6.07. The normalized spacial score (nSPS) is 14.8. The molecule has 1 nitrogen and oxygen atoms in total.